The Labute approximate surface area is 188 Å². The lowest BCUT2D eigenvalue weighted by atomic mass is 9.98. The van der Waals surface area contributed by atoms with Crippen LogP contribution < -0.4 is 10.1 Å². The third-order valence-corrected chi connectivity index (χ3v) is 5.55. The lowest BCUT2D eigenvalue weighted by molar-refractivity contribution is -0.274. The lowest BCUT2D eigenvalue weighted by Gasteiger charge is -2.20. The summed E-state index contributed by atoms with van der Waals surface area (Å²) in [5.41, 5.74) is 4.51. The molecule has 3 aromatic carbocycles. The number of aliphatic hydroxyl groups excluding tert-OH is 1. The maximum absolute atomic E-state index is 12.6. The molecular weight excluding hydrogens is 435 g/mol. The van der Waals surface area contributed by atoms with E-state index in [0.717, 1.165) is 22.3 Å². The smallest absolute Gasteiger partial charge is 0.449 e. The molecule has 172 valence electrons. The highest BCUT2D eigenvalue weighted by Crippen LogP contribution is 2.44. The number of benzene rings is 3. The fraction of sp³-hybridized carbons (Fsp3) is 0.240. The molecule has 0 fully saturated rings. The molecule has 0 unspecified atom stereocenters. The van der Waals surface area contributed by atoms with Gasteiger partial charge in [0.05, 0.1) is 12.6 Å². The Morgan fingerprint density at radius 2 is 1.52 bits per heavy atom. The van der Waals surface area contributed by atoms with E-state index in [4.69, 9.17) is 4.74 Å². The summed E-state index contributed by atoms with van der Waals surface area (Å²) in [6.07, 6.45) is -5.66. The molecule has 0 heterocycles. The van der Waals surface area contributed by atoms with Gasteiger partial charge in [0.2, 0.25) is 0 Å². The number of nitrogens with one attached hydrogen (secondary N) is 1. The zero-order chi connectivity index (χ0) is 23.4. The molecule has 33 heavy (non-hydrogen) atoms. The number of para-hydroxylation sites is 1. The summed E-state index contributed by atoms with van der Waals surface area (Å²) >= 11 is 0. The molecular formula is C25H22F3NO4. The van der Waals surface area contributed by atoms with Crippen molar-refractivity contribution >= 4 is 6.09 Å². The number of aliphatic hydroxyl groups is 1. The highest BCUT2D eigenvalue weighted by atomic mass is 19.4. The highest BCUT2D eigenvalue weighted by molar-refractivity contribution is 5.79. The van der Waals surface area contributed by atoms with E-state index in [0.29, 0.717) is 0 Å². The van der Waals surface area contributed by atoms with Crippen LogP contribution in [0.15, 0.2) is 72.8 Å². The first-order chi connectivity index (χ1) is 15.9. The molecule has 0 bridgehead atoms. The van der Waals surface area contributed by atoms with Gasteiger partial charge >= 0.3 is 12.5 Å². The third-order valence-electron chi connectivity index (χ3n) is 5.55. The average Bonchev–Trinajstić information content (AvgIpc) is 3.11. The normalized spacial score (nSPS) is 13.7. The SMILES string of the molecule is O=C(N[C@H](CO)Cc1ccccc1OC(F)(F)F)OCC1c2ccccc2-c2ccccc21. The van der Waals surface area contributed by atoms with Crippen LogP contribution in [0.1, 0.15) is 22.6 Å². The van der Waals surface area contributed by atoms with Crippen LogP contribution >= 0.6 is 0 Å². The van der Waals surface area contributed by atoms with E-state index >= 15 is 0 Å². The summed E-state index contributed by atoms with van der Waals surface area (Å²) < 4.78 is 47.4. The van der Waals surface area contributed by atoms with E-state index in [1.807, 2.05) is 48.5 Å². The van der Waals surface area contributed by atoms with Crippen molar-refractivity contribution in [2.45, 2.75) is 24.7 Å². The average molecular weight is 457 g/mol. The Balaban J connectivity index is 1.40. The maximum Gasteiger partial charge on any atom is 0.573 e. The van der Waals surface area contributed by atoms with Gasteiger partial charge in [-0.15, -0.1) is 13.2 Å². The highest BCUT2D eigenvalue weighted by Gasteiger charge is 2.32. The van der Waals surface area contributed by atoms with Crippen LogP contribution in [0, 0.1) is 0 Å². The van der Waals surface area contributed by atoms with Crippen LogP contribution in [0.25, 0.3) is 11.1 Å². The van der Waals surface area contributed by atoms with Crippen molar-refractivity contribution in [2.75, 3.05) is 13.2 Å². The van der Waals surface area contributed by atoms with E-state index in [1.54, 1.807) is 6.07 Å². The van der Waals surface area contributed by atoms with Gasteiger partial charge < -0.3 is 19.9 Å². The minimum absolute atomic E-state index is 0.0626. The van der Waals surface area contributed by atoms with Gasteiger partial charge in [-0.2, -0.15) is 0 Å². The first kappa shape index (κ1) is 22.7. The standard InChI is InChI=1S/C25H22F3NO4/c26-25(27,28)33-23-12-6-1-7-16(23)13-17(14-30)29-24(31)32-15-22-20-10-4-2-8-18(20)19-9-3-5-11-21(19)22/h1-12,17,22,30H,13-15H2,(H,29,31)/t17-/m0/s1. The van der Waals surface area contributed by atoms with Crippen LogP contribution in [0.4, 0.5) is 18.0 Å². The fourth-order valence-electron chi connectivity index (χ4n) is 4.13. The first-order valence-corrected chi connectivity index (χ1v) is 10.4. The van der Waals surface area contributed by atoms with Crippen molar-refractivity contribution in [1.82, 2.24) is 5.32 Å². The van der Waals surface area contributed by atoms with Gasteiger partial charge in [0.15, 0.2) is 0 Å². The monoisotopic (exact) mass is 457 g/mol. The quantitative estimate of drug-likeness (QED) is 0.523. The van der Waals surface area contributed by atoms with Crippen LogP contribution in [0.2, 0.25) is 0 Å². The molecule has 0 aliphatic heterocycles. The zero-order valence-corrected chi connectivity index (χ0v) is 17.5. The van der Waals surface area contributed by atoms with Gasteiger partial charge in [-0.05, 0) is 40.3 Å². The summed E-state index contributed by atoms with van der Waals surface area (Å²) in [4.78, 5) is 12.4. The van der Waals surface area contributed by atoms with Gasteiger partial charge in [0.1, 0.15) is 12.4 Å². The molecule has 3 aromatic rings. The number of amides is 1. The number of hydrogen-bond donors (Lipinski definition) is 2. The van der Waals surface area contributed by atoms with Crippen molar-refractivity contribution in [2.24, 2.45) is 0 Å². The van der Waals surface area contributed by atoms with E-state index < -0.39 is 25.1 Å². The minimum Gasteiger partial charge on any atom is -0.449 e. The molecule has 0 aromatic heterocycles. The van der Waals surface area contributed by atoms with Crippen LogP contribution in [-0.4, -0.2) is 36.8 Å². The van der Waals surface area contributed by atoms with Gasteiger partial charge in [-0.25, -0.2) is 4.79 Å². The summed E-state index contributed by atoms with van der Waals surface area (Å²) in [5.74, 6) is -0.505. The van der Waals surface area contributed by atoms with E-state index in [9.17, 15) is 23.1 Å². The Hall–Kier alpha value is -3.52. The van der Waals surface area contributed by atoms with Crippen molar-refractivity contribution < 1.29 is 32.5 Å². The number of carbonyl (C=O) groups is 1. The predicted molar refractivity (Wildman–Crippen MR) is 116 cm³/mol. The van der Waals surface area contributed by atoms with Crippen molar-refractivity contribution in [3.8, 4) is 16.9 Å². The van der Waals surface area contributed by atoms with Gasteiger partial charge in [-0.1, -0.05) is 66.7 Å². The molecule has 0 spiro atoms. The molecule has 0 saturated heterocycles. The number of alkyl carbamates (subject to hydrolysis) is 1. The number of carbonyl (C=O) groups excluding carboxylic acids is 1. The molecule has 0 saturated carbocycles. The number of ether oxygens (including phenoxy) is 2. The van der Waals surface area contributed by atoms with Crippen molar-refractivity contribution in [1.29, 1.82) is 0 Å². The topological polar surface area (TPSA) is 67.8 Å². The molecule has 1 amide bonds. The molecule has 5 nitrogen and oxygen atoms in total. The second kappa shape index (κ2) is 9.54. The summed E-state index contributed by atoms with van der Waals surface area (Å²) in [5, 5.41) is 12.2. The van der Waals surface area contributed by atoms with Crippen LogP contribution in [0.5, 0.6) is 5.75 Å². The summed E-state index contributed by atoms with van der Waals surface area (Å²) in [6, 6.07) is 20.6. The van der Waals surface area contributed by atoms with Crippen molar-refractivity contribution in [3.05, 3.63) is 89.5 Å². The molecule has 0 radical (unpaired) electrons. The number of alkyl halides is 3. The van der Waals surface area contributed by atoms with Crippen LogP contribution in [0.3, 0.4) is 0 Å². The van der Waals surface area contributed by atoms with E-state index in [2.05, 4.69) is 10.1 Å². The zero-order valence-electron chi connectivity index (χ0n) is 17.5. The third kappa shape index (κ3) is 5.28. The Morgan fingerprint density at radius 1 is 0.939 bits per heavy atom. The summed E-state index contributed by atoms with van der Waals surface area (Å²) in [6.45, 7) is -0.393. The Bertz CT molecular complexity index is 1090. The number of rotatable bonds is 7. The largest absolute Gasteiger partial charge is 0.573 e. The first-order valence-electron chi connectivity index (χ1n) is 10.4. The molecule has 1 atom stereocenters. The minimum atomic E-state index is -4.84. The fourth-order valence-corrected chi connectivity index (χ4v) is 4.13. The molecule has 1 aliphatic carbocycles. The predicted octanol–water partition coefficient (Wildman–Crippen LogP) is 5.03. The lowest BCUT2D eigenvalue weighted by Crippen LogP contribution is -2.40. The summed E-state index contributed by atoms with van der Waals surface area (Å²) in [7, 11) is 0. The van der Waals surface area contributed by atoms with Gasteiger partial charge in [0.25, 0.3) is 0 Å². The van der Waals surface area contributed by atoms with Crippen molar-refractivity contribution in [3.63, 3.8) is 0 Å². The van der Waals surface area contributed by atoms with Crippen LogP contribution in [-0.2, 0) is 11.2 Å². The maximum atomic E-state index is 12.6. The van der Waals surface area contributed by atoms with Gasteiger partial charge in [0, 0.05) is 5.92 Å². The number of fused-ring (bicyclic) bond motifs is 3. The number of halogens is 3. The van der Waals surface area contributed by atoms with E-state index in [-0.39, 0.29) is 30.3 Å². The second-order valence-corrected chi connectivity index (χ2v) is 7.71. The van der Waals surface area contributed by atoms with E-state index in [1.165, 1.54) is 18.2 Å². The Kier molecular flexibility index (Phi) is 6.55. The molecule has 2 N–H and O–H groups in total. The number of hydrogen-bond acceptors (Lipinski definition) is 4. The molecule has 4 rings (SSSR count). The van der Waals surface area contributed by atoms with Gasteiger partial charge in [-0.3, -0.25) is 0 Å². The second-order valence-electron chi connectivity index (χ2n) is 7.71. The molecule has 8 heteroatoms. The molecule has 1 aliphatic rings. The Morgan fingerprint density at radius 3 is 2.12 bits per heavy atom.